The van der Waals surface area contributed by atoms with E-state index >= 15 is 0 Å². The van der Waals surface area contributed by atoms with Crippen LogP contribution in [0.5, 0.6) is 0 Å². The molecule has 0 saturated heterocycles. The van der Waals surface area contributed by atoms with Crippen LogP contribution in [0.1, 0.15) is 131 Å². The number of fused-ring (bicyclic) bond motifs is 10. The van der Waals surface area contributed by atoms with Gasteiger partial charge in [0.2, 0.25) is 0 Å². The van der Waals surface area contributed by atoms with E-state index in [2.05, 4.69) is 20.8 Å². The second-order valence-electron chi connectivity index (χ2n) is 20.0. The van der Waals surface area contributed by atoms with Gasteiger partial charge in [0.15, 0.2) is 17.3 Å². The Bertz CT molecular complexity index is 1600. The molecule has 7 fully saturated rings. The third-order valence-electron chi connectivity index (χ3n) is 17.9. The van der Waals surface area contributed by atoms with E-state index in [1.165, 1.54) is 12.5 Å². The first-order chi connectivity index (χ1) is 25.3. The molecule has 0 spiro atoms. The zero-order valence-electron chi connectivity index (χ0n) is 33.1. The summed E-state index contributed by atoms with van der Waals surface area (Å²) in [5.74, 6) is 1.47. The standard InChI is InChI=1S/C23H34O5.C21H30O5/c1-13(24)28-12-20(27)18-7-6-17-16-5-4-14-10-15(25)8-9-22(14,2)21(16)19(26)11-23(17,18)3;1-19-7-5-13(23)9-12(19)3-4-14-15-6-8-21(26,17(25)11-22)20(15,2)10-16(24)18(14)19/h14,16-19,21,26H,4-12H2,1-3H3;9,14-16,18,22,24,26H,3-8,10-11H2,1-2H3/t14?,16?,17?,18-,19+,21?,22+,23+;14-,15-,16-,18+,19-,20-,21-/m10/s1. The van der Waals surface area contributed by atoms with Crippen molar-refractivity contribution in [3.63, 3.8) is 0 Å². The Morgan fingerprint density at radius 1 is 0.796 bits per heavy atom. The molecule has 54 heavy (non-hydrogen) atoms. The van der Waals surface area contributed by atoms with E-state index in [-0.39, 0.29) is 64.0 Å². The van der Waals surface area contributed by atoms with Crippen molar-refractivity contribution in [2.24, 2.45) is 69.0 Å². The van der Waals surface area contributed by atoms with Crippen LogP contribution in [0.2, 0.25) is 0 Å². The molecule has 8 aliphatic rings. The lowest BCUT2D eigenvalue weighted by molar-refractivity contribution is -0.182. The molecular formula is C44H64O10. The summed E-state index contributed by atoms with van der Waals surface area (Å²) in [5.41, 5.74) is -1.41. The molecule has 0 bridgehead atoms. The molecule has 15 atom stereocenters. The van der Waals surface area contributed by atoms with Crippen LogP contribution < -0.4 is 0 Å². The number of hydrogen-bond acceptors (Lipinski definition) is 10. The topological polar surface area (TPSA) is 176 Å². The Balaban J connectivity index is 0.000000167. The van der Waals surface area contributed by atoms with E-state index in [4.69, 9.17) is 4.74 Å². The lowest BCUT2D eigenvalue weighted by Gasteiger charge is -2.61. The van der Waals surface area contributed by atoms with Gasteiger partial charge in [0, 0.05) is 37.5 Å². The third-order valence-corrected chi connectivity index (χ3v) is 17.9. The predicted octanol–water partition coefficient (Wildman–Crippen LogP) is 5.10. The van der Waals surface area contributed by atoms with Gasteiger partial charge in [-0.05, 0) is 141 Å². The average molecular weight is 753 g/mol. The van der Waals surface area contributed by atoms with E-state index in [0.717, 1.165) is 57.8 Å². The zero-order valence-corrected chi connectivity index (χ0v) is 33.1. The highest BCUT2D eigenvalue weighted by Gasteiger charge is 2.68. The molecule has 0 aromatic carbocycles. The molecule has 0 radical (unpaired) electrons. The van der Waals surface area contributed by atoms with Crippen LogP contribution in [-0.4, -0.2) is 80.6 Å². The van der Waals surface area contributed by atoms with Gasteiger partial charge >= 0.3 is 5.97 Å². The fourth-order valence-corrected chi connectivity index (χ4v) is 15.3. The summed E-state index contributed by atoms with van der Waals surface area (Å²) < 4.78 is 4.99. The summed E-state index contributed by atoms with van der Waals surface area (Å²) >= 11 is 0. The lowest BCUT2D eigenvalue weighted by Crippen LogP contribution is -2.62. The van der Waals surface area contributed by atoms with Crippen LogP contribution in [0, 0.1) is 69.0 Å². The molecule has 4 N–H and O–H groups in total. The SMILES string of the molecule is CC(=O)OCC(=O)[C@H]1CCC2C3CCC4CC(=O)CC[C@]4(C)C3[C@@H](O)C[C@@]21C.C[C@]12CCC(=O)C=C1CC[C@@H]1[C@@H]2[C@@H](O)C[C@@]2(C)[C@H]1CC[C@]2(O)C(=O)CO. The molecule has 300 valence electrons. The minimum Gasteiger partial charge on any atom is -0.458 e. The highest BCUT2D eigenvalue weighted by atomic mass is 16.5. The summed E-state index contributed by atoms with van der Waals surface area (Å²) in [6.45, 7) is 9.13. The number of ether oxygens (including phenoxy) is 1. The number of esters is 1. The summed E-state index contributed by atoms with van der Waals surface area (Å²) in [6, 6.07) is 0. The van der Waals surface area contributed by atoms with Gasteiger partial charge in [-0.15, -0.1) is 0 Å². The molecular weight excluding hydrogens is 688 g/mol. The predicted molar refractivity (Wildman–Crippen MR) is 198 cm³/mol. The Kier molecular flexibility index (Phi) is 10.3. The first kappa shape index (κ1) is 39.9. The molecule has 0 amide bonds. The molecule has 8 aliphatic carbocycles. The van der Waals surface area contributed by atoms with Crippen molar-refractivity contribution in [2.45, 2.75) is 149 Å². The average Bonchev–Trinajstić information content (AvgIpc) is 3.60. The molecule has 0 aliphatic heterocycles. The normalized spacial score (nSPS) is 49.0. The number of carbonyl (C=O) groups excluding carboxylic acids is 5. The number of Topliss-reactive ketones (excluding diaryl/α,β-unsaturated/α-hetero) is 3. The van der Waals surface area contributed by atoms with Crippen LogP contribution in [0.4, 0.5) is 0 Å². The maximum Gasteiger partial charge on any atom is 0.303 e. The maximum absolute atomic E-state index is 12.8. The van der Waals surface area contributed by atoms with Gasteiger partial charge in [0.05, 0.1) is 12.2 Å². The fourth-order valence-electron chi connectivity index (χ4n) is 15.3. The van der Waals surface area contributed by atoms with Crippen LogP contribution in [0.3, 0.4) is 0 Å². The Hall–Kier alpha value is -2.27. The van der Waals surface area contributed by atoms with E-state index in [1.807, 2.05) is 6.92 Å². The largest absolute Gasteiger partial charge is 0.458 e. The van der Waals surface area contributed by atoms with Crippen molar-refractivity contribution in [1.29, 1.82) is 0 Å². The number of allylic oxidation sites excluding steroid dienone is 1. The highest BCUT2D eigenvalue weighted by Crippen LogP contribution is 2.69. The van der Waals surface area contributed by atoms with E-state index < -0.39 is 41.6 Å². The van der Waals surface area contributed by atoms with Crippen LogP contribution >= 0.6 is 0 Å². The number of carbonyl (C=O) groups is 5. The van der Waals surface area contributed by atoms with Gasteiger partial charge < -0.3 is 25.2 Å². The molecule has 4 unspecified atom stereocenters. The van der Waals surface area contributed by atoms with Gasteiger partial charge in [0.25, 0.3) is 0 Å². The van der Waals surface area contributed by atoms with Crippen LogP contribution in [0.25, 0.3) is 0 Å². The van der Waals surface area contributed by atoms with Crippen molar-refractivity contribution in [3.8, 4) is 0 Å². The Labute approximate surface area is 320 Å². The van der Waals surface area contributed by atoms with Crippen LogP contribution in [-0.2, 0) is 28.7 Å². The van der Waals surface area contributed by atoms with Gasteiger partial charge in [-0.25, -0.2) is 0 Å². The zero-order chi connectivity index (χ0) is 39.2. The summed E-state index contributed by atoms with van der Waals surface area (Å²) in [6.07, 6.45) is 12.1. The second kappa shape index (κ2) is 14.0. The van der Waals surface area contributed by atoms with Crippen LogP contribution in [0.15, 0.2) is 11.6 Å². The first-order valence-electron chi connectivity index (χ1n) is 21.0. The second-order valence-corrected chi connectivity index (χ2v) is 20.0. The lowest BCUT2D eigenvalue weighted by atomic mass is 9.44. The quantitative estimate of drug-likeness (QED) is 0.277. The molecule has 7 saturated carbocycles. The van der Waals surface area contributed by atoms with Crippen molar-refractivity contribution in [1.82, 2.24) is 0 Å². The first-order valence-corrected chi connectivity index (χ1v) is 21.0. The molecule has 0 heterocycles. The summed E-state index contributed by atoms with van der Waals surface area (Å²) in [5, 5.41) is 43.0. The Morgan fingerprint density at radius 3 is 2.20 bits per heavy atom. The Morgan fingerprint density at radius 2 is 1.50 bits per heavy atom. The number of aliphatic hydroxyl groups excluding tert-OH is 3. The highest BCUT2D eigenvalue weighted by molar-refractivity contribution is 5.92. The third kappa shape index (κ3) is 5.96. The molecule has 10 nitrogen and oxygen atoms in total. The van der Waals surface area contributed by atoms with Crippen molar-refractivity contribution < 1.29 is 49.1 Å². The number of hydrogen-bond donors (Lipinski definition) is 4. The van der Waals surface area contributed by atoms with Crippen molar-refractivity contribution in [3.05, 3.63) is 11.6 Å². The van der Waals surface area contributed by atoms with Gasteiger partial charge in [-0.3, -0.25) is 24.0 Å². The van der Waals surface area contributed by atoms with E-state index in [1.54, 1.807) is 6.08 Å². The molecule has 0 aromatic heterocycles. The number of ketones is 4. The monoisotopic (exact) mass is 752 g/mol. The number of rotatable bonds is 5. The molecule has 0 aromatic rings. The molecule has 10 heteroatoms. The van der Waals surface area contributed by atoms with Gasteiger partial charge in [-0.1, -0.05) is 33.3 Å². The van der Waals surface area contributed by atoms with Gasteiger partial charge in [-0.2, -0.15) is 0 Å². The van der Waals surface area contributed by atoms with E-state index in [0.29, 0.717) is 62.1 Å². The van der Waals surface area contributed by atoms with Crippen molar-refractivity contribution in [2.75, 3.05) is 13.2 Å². The summed E-state index contributed by atoms with van der Waals surface area (Å²) in [7, 11) is 0. The van der Waals surface area contributed by atoms with Crippen molar-refractivity contribution >= 4 is 29.1 Å². The maximum atomic E-state index is 12.8. The number of aliphatic hydroxyl groups is 4. The smallest absolute Gasteiger partial charge is 0.303 e. The van der Waals surface area contributed by atoms with Gasteiger partial charge in [0.1, 0.15) is 24.6 Å². The minimum absolute atomic E-state index is 0.00834. The minimum atomic E-state index is -1.54. The summed E-state index contributed by atoms with van der Waals surface area (Å²) in [4.78, 5) is 60.2. The molecule has 8 rings (SSSR count). The van der Waals surface area contributed by atoms with E-state index in [9.17, 15) is 44.4 Å². The fraction of sp³-hybridized carbons (Fsp3) is 0.841.